The topological polar surface area (TPSA) is 77.0 Å². The number of nitrogens with zero attached hydrogens (tertiary/aromatic N) is 4. The molecule has 0 saturated carbocycles. The first-order valence-electron chi connectivity index (χ1n) is 10.4. The van der Waals surface area contributed by atoms with E-state index in [4.69, 9.17) is 10.7 Å². The molecule has 29 heavy (non-hydrogen) atoms. The normalized spacial score (nSPS) is 18.2. The number of aromatic nitrogens is 3. The van der Waals surface area contributed by atoms with Gasteiger partial charge in [0.25, 0.3) is 0 Å². The van der Waals surface area contributed by atoms with Crippen molar-refractivity contribution in [3.05, 3.63) is 53.5 Å². The molecule has 2 unspecified atom stereocenters. The second-order valence-corrected chi connectivity index (χ2v) is 8.26. The standard InChI is InChI=1S/C23H29N5O/c1-15-11-16(2)28(26-15)17(3)12-22(29)27-10-6-8-19(14-27)23-20(24)13-18-7-4-5-9-21(18)25-23/h4-5,7,9,11,13,17,19H,6,8,10,12,14,24H2,1-3H3. The average Bonchev–Trinajstić information content (AvgIpc) is 3.05. The van der Waals surface area contributed by atoms with E-state index < -0.39 is 0 Å². The number of anilines is 1. The quantitative estimate of drug-likeness (QED) is 0.729. The van der Waals surface area contributed by atoms with Gasteiger partial charge in [0.05, 0.1) is 28.6 Å². The molecule has 0 radical (unpaired) electrons. The van der Waals surface area contributed by atoms with E-state index in [0.717, 1.165) is 53.1 Å². The molecule has 152 valence electrons. The first kappa shape index (κ1) is 19.4. The van der Waals surface area contributed by atoms with Crippen molar-refractivity contribution in [3.8, 4) is 0 Å². The number of carbonyl (C=O) groups excluding carboxylic acids is 1. The monoisotopic (exact) mass is 391 g/mol. The van der Waals surface area contributed by atoms with Gasteiger partial charge in [-0.05, 0) is 51.8 Å². The maximum absolute atomic E-state index is 13.0. The zero-order chi connectivity index (χ0) is 20.5. The number of likely N-dealkylation sites (tertiary alicyclic amines) is 1. The summed E-state index contributed by atoms with van der Waals surface area (Å²) in [6, 6.07) is 12.1. The van der Waals surface area contributed by atoms with Crippen molar-refractivity contribution >= 4 is 22.5 Å². The minimum atomic E-state index is 0.0421. The molecule has 1 saturated heterocycles. The van der Waals surface area contributed by atoms with E-state index in [1.54, 1.807) is 0 Å². The lowest BCUT2D eigenvalue weighted by Crippen LogP contribution is -2.40. The molecule has 3 aromatic rings. The summed E-state index contributed by atoms with van der Waals surface area (Å²) >= 11 is 0. The van der Waals surface area contributed by atoms with Gasteiger partial charge in [0.1, 0.15) is 0 Å². The van der Waals surface area contributed by atoms with E-state index in [-0.39, 0.29) is 17.9 Å². The number of pyridine rings is 1. The molecule has 1 amide bonds. The Balaban J connectivity index is 1.49. The van der Waals surface area contributed by atoms with E-state index >= 15 is 0 Å². The maximum atomic E-state index is 13.0. The number of nitrogens with two attached hydrogens (primary N) is 1. The second kappa shape index (κ2) is 7.85. The van der Waals surface area contributed by atoms with Crippen LogP contribution in [0.5, 0.6) is 0 Å². The highest BCUT2D eigenvalue weighted by Crippen LogP contribution is 2.32. The number of rotatable bonds is 4. The number of nitrogen functional groups attached to an aromatic ring is 1. The summed E-state index contributed by atoms with van der Waals surface area (Å²) in [5, 5.41) is 5.58. The predicted octanol–water partition coefficient (Wildman–Crippen LogP) is 3.99. The summed E-state index contributed by atoms with van der Waals surface area (Å²) in [5.74, 6) is 0.357. The number of aryl methyl sites for hydroxylation is 2. The second-order valence-electron chi connectivity index (χ2n) is 8.26. The molecule has 1 aromatic carbocycles. The zero-order valence-electron chi connectivity index (χ0n) is 17.4. The fourth-order valence-electron chi connectivity index (χ4n) is 4.46. The van der Waals surface area contributed by atoms with Gasteiger partial charge in [0, 0.05) is 36.5 Å². The van der Waals surface area contributed by atoms with Gasteiger partial charge in [0.15, 0.2) is 0 Å². The van der Waals surface area contributed by atoms with Gasteiger partial charge >= 0.3 is 0 Å². The van der Waals surface area contributed by atoms with Gasteiger partial charge in [-0.3, -0.25) is 14.5 Å². The molecule has 4 rings (SSSR count). The third kappa shape index (κ3) is 3.97. The third-order valence-electron chi connectivity index (χ3n) is 5.88. The molecule has 3 heterocycles. The molecule has 0 bridgehead atoms. The SMILES string of the molecule is Cc1cc(C)n(C(C)CC(=O)N2CCCC(c3nc4ccccc4cc3N)C2)n1. The minimum absolute atomic E-state index is 0.0421. The molecule has 6 nitrogen and oxygen atoms in total. The van der Waals surface area contributed by atoms with Crippen LogP contribution in [0.15, 0.2) is 36.4 Å². The lowest BCUT2D eigenvalue weighted by atomic mass is 9.92. The van der Waals surface area contributed by atoms with Gasteiger partial charge in [-0.1, -0.05) is 18.2 Å². The fourth-order valence-corrected chi connectivity index (χ4v) is 4.46. The highest BCUT2D eigenvalue weighted by atomic mass is 16.2. The van der Waals surface area contributed by atoms with Crippen molar-refractivity contribution in [2.45, 2.75) is 52.0 Å². The van der Waals surface area contributed by atoms with Crippen molar-refractivity contribution in [2.75, 3.05) is 18.8 Å². The smallest absolute Gasteiger partial charge is 0.224 e. The van der Waals surface area contributed by atoms with Gasteiger partial charge < -0.3 is 10.6 Å². The fraction of sp³-hybridized carbons (Fsp3) is 0.435. The van der Waals surface area contributed by atoms with Gasteiger partial charge in [-0.25, -0.2) is 0 Å². The predicted molar refractivity (Wildman–Crippen MR) is 116 cm³/mol. The number of hydrogen-bond acceptors (Lipinski definition) is 4. The van der Waals surface area contributed by atoms with Gasteiger partial charge in [0.2, 0.25) is 5.91 Å². The maximum Gasteiger partial charge on any atom is 0.224 e. The zero-order valence-corrected chi connectivity index (χ0v) is 17.4. The van der Waals surface area contributed by atoms with E-state index in [0.29, 0.717) is 13.0 Å². The van der Waals surface area contributed by atoms with Crippen LogP contribution >= 0.6 is 0 Å². The summed E-state index contributed by atoms with van der Waals surface area (Å²) in [5.41, 5.74) is 11.0. The molecule has 1 fully saturated rings. The van der Waals surface area contributed by atoms with Crippen LogP contribution in [0.2, 0.25) is 0 Å². The van der Waals surface area contributed by atoms with Crippen LogP contribution in [0.25, 0.3) is 10.9 Å². The number of fused-ring (bicyclic) bond motifs is 1. The number of para-hydroxylation sites is 1. The number of benzene rings is 1. The van der Waals surface area contributed by atoms with E-state index in [1.165, 1.54) is 0 Å². The molecule has 2 aromatic heterocycles. The van der Waals surface area contributed by atoms with E-state index in [9.17, 15) is 4.79 Å². The molecular weight excluding hydrogens is 362 g/mol. The molecule has 6 heteroatoms. The first-order valence-corrected chi connectivity index (χ1v) is 10.4. The Hall–Kier alpha value is -2.89. The molecule has 1 aliphatic rings. The van der Waals surface area contributed by atoms with Crippen molar-refractivity contribution in [3.63, 3.8) is 0 Å². The van der Waals surface area contributed by atoms with Crippen LogP contribution in [0, 0.1) is 13.8 Å². The third-order valence-corrected chi connectivity index (χ3v) is 5.88. The van der Waals surface area contributed by atoms with E-state index in [2.05, 4.69) is 12.0 Å². The van der Waals surface area contributed by atoms with Crippen LogP contribution in [0.4, 0.5) is 5.69 Å². The van der Waals surface area contributed by atoms with Crippen molar-refractivity contribution in [2.24, 2.45) is 0 Å². The highest BCUT2D eigenvalue weighted by molar-refractivity contribution is 5.82. The van der Waals surface area contributed by atoms with Crippen LogP contribution in [0.1, 0.15) is 55.2 Å². The van der Waals surface area contributed by atoms with Crippen LogP contribution < -0.4 is 5.73 Å². The summed E-state index contributed by atoms with van der Waals surface area (Å²) < 4.78 is 1.96. The Kier molecular flexibility index (Phi) is 5.26. The Bertz CT molecular complexity index is 1040. The Morgan fingerprint density at radius 2 is 2.07 bits per heavy atom. The molecule has 1 aliphatic heterocycles. The molecule has 2 atom stereocenters. The lowest BCUT2D eigenvalue weighted by Gasteiger charge is -2.33. The van der Waals surface area contributed by atoms with Gasteiger partial charge in [-0.2, -0.15) is 5.10 Å². The molecule has 0 spiro atoms. The number of hydrogen-bond donors (Lipinski definition) is 1. The molecule has 0 aliphatic carbocycles. The summed E-state index contributed by atoms with van der Waals surface area (Å²) in [4.78, 5) is 19.8. The number of amides is 1. The highest BCUT2D eigenvalue weighted by Gasteiger charge is 2.28. The van der Waals surface area contributed by atoms with Gasteiger partial charge in [-0.15, -0.1) is 0 Å². The van der Waals surface area contributed by atoms with Crippen LogP contribution in [-0.2, 0) is 4.79 Å². The number of carbonyl (C=O) groups is 1. The van der Waals surface area contributed by atoms with Crippen LogP contribution in [0.3, 0.4) is 0 Å². The van der Waals surface area contributed by atoms with E-state index in [1.807, 2.05) is 59.8 Å². The number of piperidine rings is 1. The minimum Gasteiger partial charge on any atom is -0.397 e. The summed E-state index contributed by atoms with van der Waals surface area (Å²) in [6.45, 7) is 7.55. The molecular formula is C23H29N5O. The Morgan fingerprint density at radius 3 is 2.83 bits per heavy atom. The lowest BCUT2D eigenvalue weighted by molar-refractivity contribution is -0.133. The van der Waals surface area contributed by atoms with Crippen LogP contribution in [-0.4, -0.2) is 38.7 Å². The van der Waals surface area contributed by atoms with Crippen molar-refractivity contribution in [1.82, 2.24) is 19.7 Å². The van der Waals surface area contributed by atoms with Crippen molar-refractivity contribution < 1.29 is 4.79 Å². The molecule has 2 N–H and O–H groups in total. The largest absolute Gasteiger partial charge is 0.397 e. The Labute approximate surface area is 171 Å². The Morgan fingerprint density at radius 1 is 1.28 bits per heavy atom. The summed E-state index contributed by atoms with van der Waals surface area (Å²) in [6.07, 6.45) is 2.43. The van der Waals surface area contributed by atoms with Crippen molar-refractivity contribution in [1.29, 1.82) is 0 Å². The first-order chi connectivity index (χ1) is 13.9. The average molecular weight is 392 g/mol. The summed E-state index contributed by atoms with van der Waals surface area (Å²) in [7, 11) is 0.